The van der Waals surface area contributed by atoms with E-state index in [0.717, 1.165) is 0 Å². The van der Waals surface area contributed by atoms with E-state index in [1.54, 1.807) is 27.7 Å². The lowest BCUT2D eigenvalue weighted by Gasteiger charge is -2.35. The van der Waals surface area contributed by atoms with E-state index < -0.39 is 45.2 Å². The Bertz CT molecular complexity index is 492. The molecule has 0 amide bonds. The summed E-state index contributed by atoms with van der Waals surface area (Å²) in [5.74, 6) is -5.28. The molecule has 0 saturated carbocycles. The van der Waals surface area contributed by atoms with Crippen LogP contribution in [0, 0.1) is 10.8 Å². The number of hydrogen-bond donors (Lipinski definition) is 4. The Morgan fingerprint density at radius 3 is 1.00 bits per heavy atom. The van der Waals surface area contributed by atoms with E-state index in [9.17, 15) is 39.6 Å². The van der Waals surface area contributed by atoms with Crippen LogP contribution >= 0.6 is 21.6 Å². The lowest BCUT2D eigenvalue weighted by molar-refractivity contribution is -0.155. The maximum absolute atomic E-state index is 11.7. The van der Waals surface area contributed by atoms with Gasteiger partial charge in [-0.25, -0.2) is 0 Å². The summed E-state index contributed by atoms with van der Waals surface area (Å²) < 4.78 is 0. The van der Waals surface area contributed by atoms with E-state index in [-0.39, 0.29) is 25.7 Å². The van der Waals surface area contributed by atoms with Gasteiger partial charge in [0.25, 0.3) is 0 Å². The summed E-state index contributed by atoms with van der Waals surface area (Å²) in [6, 6.07) is 0. The number of aliphatic carboxylic acids is 4. The van der Waals surface area contributed by atoms with Crippen molar-refractivity contribution >= 4 is 45.5 Å². The number of carbonyl (C=O) groups is 4. The van der Waals surface area contributed by atoms with Gasteiger partial charge in [-0.05, 0) is 25.7 Å². The fourth-order valence-corrected chi connectivity index (χ4v) is 6.81. The molecule has 0 saturated heterocycles. The average Bonchev–Trinajstić information content (AvgIpc) is 2.56. The highest BCUT2D eigenvalue weighted by Gasteiger charge is 2.51. The molecule has 0 aromatic carbocycles. The van der Waals surface area contributed by atoms with Crippen LogP contribution in [0.2, 0.25) is 0 Å². The summed E-state index contributed by atoms with van der Waals surface area (Å²) in [5.41, 5.74) is -3.15. The molecule has 0 aliphatic heterocycles. The Hall–Kier alpha value is -1.42. The second kappa shape index (κ2) is 10.1. The van der Waals surface area contributed by atoms with Gasteiger partial charge < -0.3 is 20.4 Å². The largest absolute Gasteiger partial charge is 0.481 e. The quantitative estimate of drug-likeness (QED) is 0.334. The zero-order chi connectivity index (χ0) is 20.7. The highest BCUT2D eigenvalue weighted by atomic mass is 33.1. The first-order valence-corrected chi connectivity index (χ1v) is 10.5. The molecule has 0 aromatic rings. The molecule has 2 atom stereocenters. The van der Waals surface area contributed by atoms with E-state index in [0.29, 0.717) is 21.6 Å². The summed E-state index contributed by atoms with van der Waals surface area (Å²) in [5, 5.41) is 35.4. The third-order valence-electron chi connectivity index (χ3n) is 5.08. The first-order chi connectivity index (χ1) is 12.0. The van der Waals surface area contributed by atoms with Crippen LogP contribution in [-0.2, 0) is 19.2 Å². The molecule has 0 bridgehead atoms. The van der Waals surface area contributed by atoms with E-state index in [4.69, 9.17) is 0 Å². The van der Waals surface area contributed by atoms with Gasteiger partial charge in [-0.2, -0.15) is 0 Å². The second-order valence-electron chi connectivity index (χ2n) is 5.97. The van der Waals surface area contributed by atoms with Crippen LogP contribution in [0.15, 0.2) is 0 Å². The minimum absolute atomic E-state index is 0.0483. The summed E-state index contributed by atoms with van der Waals surface area (Å²) in [7, 11) is 1.24. The van der Waals surface area contributed by atoms with Crippen LogP contribution in [0.4, 0.5) is 0 Å². The van der Waals surface area contributed by atoms with Crippen molar-refractivity contribution in [1.29, 1.82) is 0 Å². The van der Waals surface area contributed by atoms with Crippen LogP contribution in [0.5, 0.6) is 0 Å². The monoisotopic (exact) mass is 410 g/mol. The van der Waals surface area contributed by atoms with Crippen LogP contribution in [-0.4, -0.2) is 54.8 Å². The molecule has 26 heavy (non-hydrogen) atoms. The van der Waals surface area contributed by atoms with E-state index in [2.05, 4.69) is 0 Å². The Kier molecular flexibility index (Phi) is 9.50. The molecule has 0 aliphatic carbocycles. The topological polar surface area (TPSA) is 149 Å². The molecule has 150 valence electrons. The van der Waals surface area contributed by atoms with Crippen LogP contribution in [0.1, 0.15) is 53.4 Å². The normalized spacial score (nSPS) is 14.5. The van der Waals surface area contributed by atoms with Gasteiger partial charge >= 0.3 is 23.9 Å². The van der Waals surface area contributed by atoms with Gasteiger partial charge in [0.15, 0.2) is 0 Å². The Balaban J connectivity index is 5.88. The molecule has 4 N–H and O–H groups in total. The Morgan fingerprint density at radius 1 is 0.654 bits per heavy atom. The van der Waals surface area contributed by atoms with Crippen molar-refractivity contribution in [1.82, 2.24) is 0 Å². The first kappa shape index (κ1) is 24.6. The van der Waals surface area contributed by atoms with Gasteiger partial charge in [0.1, 0.15) is 10.5 Å². The molecule has 0 aromatic heterocycles. The lowest BCUT2D eigenvalue weighted by atomic mass is 9.79. The number of carboxylic acids is 4. The van der Waals surface area contributed by atoms with Crippen LogP contribution < -0.4 is 0 Å². The molecule has 2 unspecified atom stereocenters. The Labute approximate surface area is 160 Å². The molecule has 0 heterocycles. The Morgan fingerprint density at radius 2 is 0.885 bits per heavy atom. The van der Waals surface area contributed by atoms with Crippen molar-refractivity contribution in [3.63, 3.8) is 0 Å². The van der Waals surface area contributed by atoms with E-state index >= 15 is 0 Å². The van der Waals surface area contributed by atoms with E-state index in [1.165, 1.54) is 0 Å². The minimum atomic E-state index is -1.57. The number of hydrogen-bond acceptors (Lipinski definition) is 6. The fraction of sp³-hybridized carbons (Fsp3) is 0.750. The highest BCUT2D eigenvalue weighted by Crippen LogP contribution is 2.49. The molecule has 0 rings (SSSR count). The summed E-state index contributed by atoms with van der Waals surface area (Å²) >= 11 is 0. The van der Waals surface area contributed by atoms with Gasteiger partial charge in [-0.3, -0.25) is 19.2 Å². The second-order valence-corrected chi connectivity index (χ2v) is 8.45. The lowest BCUT2D eigenvalue weighted by Crippen LogP contribution is -2.46. The predicted octanol–water partition coefficient (Wildman–Crippen LogP) is 3.06. The maximum atomic E-state index is 11.7. The minimum Gasteiger partial charge on any atom is -0.481 e. The first-order valence-electron chi connectivity index (χ1n) is 8.25. The molecule has 8 nitrogen and oxygen atoms in total. The molecular weight excluding hydrogens is 384 g/mol. The maximum Gasteiger partial charge on any atom is 0.318 e. The molecule has 0 aliphatic rings. The molecule has 0 fully saturated rings. The SMILES string of the molecule is CCC(CC)(C(=O)O)C(SSC(C(=O)O)C(CC)(CC)C(=O)O)C(=O)O. The van der Waals surface area contributed by atoms with Gasteiger partial charge in [-0.1, -0.05) is 49.3 Å². The zero-order valence-corrected chi connectivity index (χ0v) is 16.9. The van der Waals surface area contributed by atoms with Crippen molar-refractivity contribution in [2.45, 2.75) is 63.9 Å². The fourth-order valence-electron chi connectivity index (χ4n) is 2.92. The van der Waals surface area contributed by atoms with Crippen molar-refractivity contribution in [3.8, 4) is 0 Å². The summed E-state index contributed by atoms with van der Waals surface area (Å²) in [4.78, 5) is 46.9. The standard InChI is InChI=1S/C16H26O8S2/c1-5-15(6-2,13(21)22)9(11(17)18)25-26-10(12(19)20)16(7-3,8-4)14(23)24/h9-10H,5-8H2,1-4H3,(H,17,18)(H,19,20)(H,21,22)(H,23,24). The van der Waals surface area contributed by atoms with Crippen molar-refractivity contribution in [3.05, 3.63) is 0 Å². The molecular formula is C16H26O8S2. The average molecular weight is 411 g/mol. The van der Waals surface area contributed by atoms with E-state index in [1.807, 2.05) is 0 Å². The smallest absolute Gasteiger partial charge is 0.318 e. The molecule has 10 heteroatoms. The van der Waals surface area contributed by atoms with Crippen LogP contribution in [0.3, 0.4) is 0 Å². The summed E-state index contributed by atoms with van der Waals surface area (Å²) in [6.07, 6.45) is 0.193. The van der Waals surface area contributed by atoms with Crippen molar-refractivity contribution in [2.75, 3.05) is 0 Å². The highest BCUT2D eigenvalue weighted by molar-refractivity contribution is 8.77. The molecule has 0 radical (unpaired) electrons. The van der Waals surface area contributed by atoms with Crippen molar-refractivity contribution < 1.29 is 39.6 Å². The van der Waals surface area contributed by atoms with Crippen LogP contribution in [0.25, 0.3) is 0 Å². The predicted molar refractivity (Wildman–Crippen MR) is 99.3 cm³/mol. The van der Waals surface area contributed by atoms with Crippen molar-refractivity contribution in [2.24, 2.45) is 10.8 Å². The number of rotatable bonds is 13. The van der Waals surface area contributed by atoms with Gasteiger partial charge in [0, 0.05) is 0 Å². The van der Waals surface area contributed by atoms with Gasteiger partial charge in [0.05, 0.1) is 10.8 Å². The number of carboxylic acid groups (broad SMARTS) is 4. The third-order valence-corrected chi connectivity index (χ3v) is 8.37. The third kappa shape index (κ3) is 4.64. The molecule has 0 spiro atoms. The summed E-state index contributed by atoms with van der Waals surface area (Å²) in [6.45, 7) is 6.25. The zero-order valence-electron chi connectivity index (χ0n) is 15.2. The van der Waals surface area contributed by atoms with Gasteiger partial charge in [0.2, 0.25) is 0 Å². The van der Waals surface area contributed by atoms with Gasteiger partial charge in [-0.15, -0.1) is 0 Å².